The Labute approximate surface area is 176 Å². The lowest BCUT2D eigenvalue weighted by Crippen LogP contribution is -2.40. The van der Waals surface area contributed by atoms with Crippen LogP contribution in [0, 0.1) is 5.92 Å². The molecule has 2 aromatic rings. The van der Waals surface area contributed by atoms with Gasteiger partial charge in [0.25, 0.3) is 5.91 Å². The zero-order valence-electron chi connectivity index (χ0n) is 16.8. The molecule has 8 nitrogen and oxygen atoms in total. The van der Waals surface area contributed by atoms with Gasteiger partial charge in [-0.2, -0.15) is 0 Å². The van der Waals surface area contributed by atoms with E-state index in [2.05, 4.69) is 14.9 Å². The minimum Gasteiger partial charge on any atom is -0.369 e. The number of anilines is 1. The van der Waals surface area contributed by atoms with Crippen LogP contribution in [0.2, 0.25) is 0 Å². The molecule has 30 heavy (non-hydrogen) atoms. The van der Waals surface area contributed by atoms with Gasteiger partial charge in [-0.25, -0.2) is 13.1 Å². The predicted octanol–water partition coefficient (Wildman–Crippen LogP) is 1.54. The summed E-state index contributed by atoms with van der Waals surface area (Å²) in [5.41, 5.74) is 7.43. The maximum absolute atomic E-state index is 12.7. The average Bonchev–Trinajstić information content (AvgIpc) is 2.75. The van der Waals surface area contributed by atoms with Gasteiger partial charge in [0.05, 0.1) is 10.8 Å². The van der Waals surface area contributed by atoms with Crippen molar-refractivity contribution in [2.75, 3.05) is 25.5 Å². The molecular formula is C21H26N4O4S. The summed E-state index contributed by atoms with van der Waals surface area (Å²) in [5, 5.41) is 2.90. The number of benzene rings is 2. The first kappa shape index (κ1) is 21.9. The van der Waals surface area contributed by atoms with E-state index in [1.165, 1.54) is 31.3 Å². The molecule has 1 aliphatic heterocycles. The van der Waals surface area contributed by atoms with E-state index in [-0.39, 0.29) is 22.6 Å². The minimum absolute atomic E-state index is 0.0936. The zero-order chi connectivity index (χ0) is 21.7. The number of nitrogens with zero attached hydrogens (tertiary/aromatic N) is 1. The third kappa shape index (κ3) is 5.24. The van der Waals surface area contributed by atoms with Gasteiger partial charge in [0.2, 0.25) is 15.9 Å². The quantitative estimate of drug-likeness (QED) is 0.615. The molecule has 1 aliphatic rings. The van der Waals surface area contributed by atoms with Crippen molar-refractivity contribution in [1.82, 2.24) is 9.62 Å². The molecule has 0 spiro atoms. The highest BCUT2D eigenvalue weighted by molar-refractivity contribution is 7.89. The molecule has 0 bridgehead atoms. The van der Waals surface area contributed by atoms with E-state index >= 15 is 0 Å². The fourth-order valence-electron chi connectivity index (χ4n) is 3.55. The number of nitrogens with one attached hydrogen (secondary N) is 2. The van der Waals surface area contributed by atoms with E-state index in [4.69, 9.17) is 5.73 Å². The summed E-state index contributed by atoms with van der Waals surface area (Å²) in [4.78, 5) is 26.5. The highest BCUT2D eigenvalue weighted by Gasteiger charge is 2.24. The molecule has 1 fully saturated rings. The third-order valence-electron chi connectivity index (χ3n) is 5.26. The lowest BCUT2D eigenvalue weighted by molar-refractivity contribution is -0.123. The summed E-state index contributed by atoms with van der Waals surface area (Å²) in [6.45, 7) is 2.08. The first-order valence-electron chi connectivity index (χ1n) is 9.74. The molecule has 9 heteroatoms. The molecule has 1 saturated heterocycles. The molecule has 0 aromatic heterocycles. The molecule has 0 aliphatic carbocycles. The van der Waals surface area contributed by atoms with Crippen molar-refractivity contribution in [1.29, 1.82) is 0 Å². The van der Waals surface area contributed by atoms with Gasteiger partial charge in [0.15, 0.2) is 0 Å². The number of carbonyl (C=O) groups is 2. The number of piperidine rings is 1. The van der Waals surface area contributed by atoms with Crippen molar-refractivity contribution in [3.63, 3.8) is 0 Å². The molecule has 1 heterocycles. The number of sulfonamides is 1. The van der Waals surface area contributed by atoms with Crippen molar-refractivity contribution in [3.05, 3.63) is 59.7 Å². The van der Waals surface area contributed by atoms with Gasteiger partial charge in [-0.1, -0.05) is 18.2 Å². The SMILES string of the molecule is CNS(=O)(=O)c1ccc(C(=O)Nc2ccccc2CN2CCCC(C(N)=O)C2)cc1. The highest BCUT2D eigenvalue weighted by atomic mass is 32.2. The number of nitrogens with two attached hydrogens (primary N) is 1. The lowest BCUT2D eigenvalue weighted by Gasteiger charge is -2.31. The van der Waals surface area contributed by atoms with Gasteiger partial charge in [-0.15, -0.1) is 0 Å². The monoisotopic (exact) mass is 430 g/mol. The molecule has 1 atom stereocenters. The smallest absolute Gasteiger partial charge is 0.255 e. The topological polar surface area (TPSA) is 122 Å². The van der Waals surface area contributed by atoms with E-state index in [1.807, 2.05) is 24.3 Å². The standard InChI is InChI=1S/C21H26N4O4S/c1-23-30(28,29)18-10-8-15(9-11-18)21(27)24-19-7-3-2-5-16(19)13-25-12-4-6-17(14-25)20(22)26/h2-3,5,7-11,17,23H,4,6,12-14H2,1H3,(H2,22,26)(H,24,27). The average molecular weight is 431 g/mol. The fourth-order valence-corrected chi connectivity index (χ4v) is 4.28. The first-order chi connectivity index (χ1) is 14.3. The second kappa shape index (κ2) is 9.38. The van der Waals surface area contributed by atoms with Gasteiger partial charge < -0.3 is 11.1 Å². The fraction of sp³-hybridized carbons (Fsp3) is 0.333. The zero-order valence-corrected chi connectivity index (χ0v) is 17.6. The normalized spacial score (nSPS) is 17.4. The van der Waals surface area contributed by atoms with Crippen LogP contribution in [0.5, 0.6) is 0 Å². The van der Waals surface area contributed by atoms with Crippen LogP contribution in [-0.2, 0) is 21.4 Å². The lowest BCUT2D eigenvalue weighted by atomic mass is 9.97. The number of hydrogen-bond donors (Lipinski definition) is 3. The van der Waals surface area contributed by atoms with E-state index in [0.29, 0.717) is 24.3 Å². The van der Waals surface area contributed by atoms with Gasteiger partial charge in [-0.3, -0.25) is 14.5 Å². The van der Waals surface area contributed by atoms with E-state index in [0.717, 1.165) is 24.9 Å². The Hall–Kier alpha value is -2.75. The van der Waals surface area contributed by atoms with Crippen LogP contribution in [0.3, 0.4) is 0 Å². The third-order valence-corrected chi connectivity index (χ3v) is 6.69. The Morgan fingerprint density at radius 2 is 1.83 bits per heavy atom. The Kier molecular flexibility index (Phi) is 6.86. The molecule has 2 aromatic carbocycles. The largest absolute Gasteiger partial charge is 0.369 e. The Morgan fingerprint density at radius 1 is 1.13 bits per heavy atom. The summed E-state index contributed by atoms with van der Waals surface area (Å²) in [6.07, 6.45) is 1.72. The summed E-state index contributed by atoms with van der Waals surface area (Å²) in [5.74, 6) is -0.748. The summed E-state index contributed by atoms with van der Waals surface area (Å²) < 4.78 is 25.9. The van der Waals surface area contributed by atoms with Crippen LogP contribution < -0.4 is 15.8 Å². The highest BCUT2D eigenvalue weighted by Crippen LogP contribution is 2.23. The Balaban J connectivity index is 1.71. The van der Waals surface area contributed by atoms with Crippen LogP contribution in [0.1, 0.15) is 28.8 Å². The van der Waals surface area contributed by atoms with Crippen LogP contribution in [0.15, 0.2) is 53.4 Å². The summed E-state index contributed by atoms with van der Waals surface area (Å²) >= 11 is 0. The van der Waals surface area contributed by atoms with Crippen molar-refractivity contribution in [3.8, 4) is 0 Å². The number of para-hydroxylation sites is 1. The number of rotatable bonds is 7. The van der Waals surface area contributed by atoms with Crippen molar-refractivity contribution < 1.29 is 18.0 Å². The van der Waals surface area contributed by atoms with Gasteiger partial charge in [0.1, 0.15) is 0 Å². The minimum atomic E-state index is -3.55. The predicted molar refractivity (Wildman–Crippen MR) is 114 cm³/mol. The maximum Gasteiger partial charge on any atom is 0.255 e. The van der Waals surface area contributed by atoms with Gasteiger partial charge in [0, 0.05) is 24.3 Å². The van der Waals surface area contributed by atoms with Gasteiger partial charge in [-0.05, 0) is 62.3 Å². The van der Waals surface area contributed by atoms with Crippen LogP contribution in [0.25, 0.3) is 0 Å². The number of hydrogen-bond acceptors (Lipinski definition) is 5. The van der Waals surface area contributed by atoms with E-state index < -0.39 is 10.0 Å². The molecule has 160 valence electrons. The molecule has 3 rings (SSSR count). The van der Waals surface area contributed by atoms with Crippen LogP contribution >= 0.6 is 0 Å². The van der Waals surface area contributed by atoms with E-state index in [1.54, 1.807) is 0 Å². The molecule has 0 saturated carbocycles. The molecule has 2 amide bonds. The number of carbonyl (C=O) groups excluding carboxylic acids is 2. The number of amides is 2. The molecule has 0 radical (unpaired) electrons. The first-order valence-corrected chi connectivity index (χ1v) is 11.2. The number of primary amides is 1. The van der Waals surface area contributed by atoms with Gasteiger partial charge >= 0.3 is 0 Å². The summed E-state index contributed by atoms with van der Waals surface area (Å²) in [6, 6.07) is 13.2. The Bertz CT molecular complexity index is 1020. The molecular weight excluding hydrogens is 404 g/mol. The van der Waals surface area contributed by atoms with Crippen molar-refractivity contribution in [2.24, 2.45) is 11.7 Å². The Morgan fingerprint density at radius 3 is 2.50 bits per heavy atom. The summed E-state index contributed by atoms with van der Waals surface area (Å²) in [7, 11) is -2.22. The maximum atomic E-state index is 12.7. The molecule has 4 N–H and O–H groups in total. The van der Waals surface area contributed by atoms with Crippen LogP contribution in [0.4, 0.5) is 5.69 Å². The molecule has 1 unspecified atom stereocenters. The number of likely N-dealkylation sites (tertiary alicyclic amines) is 1. The van der Waals surface area contributed by atoms with Crippen LogP contribution in [-0.4, -0.2) is 45.3 Å². The second-order valence-electron chi connectivity index (χ2n) is 7.32. The second-order valence-corrected chi connectivity index (χ2v) is 9.21. The van der Waals surface area contributed by atoms with Crippen molar-refractivity contribution in [2.45, 2.75) is 24.3 Å². The van der Waals surface area contributed by atoms with Crippen molar-refractivity contribution >= 4 is 27.5 Å². The van der Waals surface area contributed by atoms with E-state index in [9.17, 15) is 18.0 Å².